The lowest BCUT2D eigenvalue weighted by atomic mass is 9.79. The fourth-order valence-electron chi connectivity index (χ4n) is 5.92. The summed E-state index contributed by atoms with van der Waals surface area (Å²) in [6.07, 6.45) is 8.71. The molecular weight excluding hydrogens is 626 g/mol. The average Bonchev–Trinajstić information content (AvgIpc) is 3.66. The molecule has 2 aliphatic carbocycles. The van der Waals surface area contributed by atoms with Gasteiger partial charge < -0.3 is 31.3 Å². The second-order valence-electron chi connectivity index (χ2n) is 15.2. The minimum atomic E-state index is -1.10. The van der Waals surface area contributed by atoms with Crippen molar-refractivity contribution >= 4 is 35.5 Å². The van der Waals surface area contributed by atoms with E-state index in [9.17, 15) is 28.8 Å². The number of carbonyl (C=O) groups excluding carboxylic acids is 6. The van der Waals surface area contributed by atoms with Crippen molar-refractivity contribution in [3.8, 4) is 0 Å². The van der Waals surface area contributed by atoms with Gasteiger partial charge in [-0.25, -0.2) is 4.79 Å². The molecule has 2 saturated carbocycles. The molecule has 284 valence electrons. The first kappa shape index (κ1) is 45.8. The SMILES string of the molecule is CC.CC(C)(C)OC(=O)CNC(=O)NC(C(=O)N1CCC[C@H]1C(=O)NC(CC1CCC1)C(=O)C(N)=O)C1(C)CCCC1.CC(C)C.CCC. The molecule has 3 rings (SSSR count). The van der Waals surface area contributed by atoms with Gasteiger partial charge in [-0.15, -0.1) is 0 Å². The largest absolute Gasteiger partial charge is 0.459 e. The van der Waals surface area contributed by atoms with E-state index >= 15 is 0 Å². The number of urea groups is 1. The van der Waals surface area contributed by atoms with Gasteiger partial charge in [-0.3, -0.25) is 24.0 Å². The van der Waals surface area contributed by atoms with E-state index in [-0.39, 0.29) is 18.4 Å². The maximum atomic E-state index is 13.9. The maximum Gasteiger partial charge on any atom is 0.325 e. The number of nitrogens with one attached hydrogen (secondary N) is 3. The van der Waals surface area contributed by atoms with Crippen molar-refractivity contribution in [2.75, 3.05) is 13.1 Å². The summed E-state index contributed by atoms with van der Waals surface area (Å²) in [5.74, 6) is -2.35. The molecule has 0 aromatic rings. The number of amides is 5. The molecule has 12 heteroatoms. The van der Waals surface area contributed by atoms with Gasteiger partial charge in [0.2, 0.25) is 17.6 Å². The third-order valence-electron chi connectivity index (χ3n) is 8.29. The molecular formula is C37H69N5O7. The highest BCUT2D eigenvalue weighted by Crippen LogP contribution is 2.42. The van der Waals surface area contributed by atoms with Crippen molar-refractivity contribution in [2.45, 2.75) is 171 Å². The van der Waals surface area contributed by atoms with Gasteiger partial charge in [0.05, 0.1) is 6.04 Å². The molecule has 1 aliphatic heterocycles. The Morgan fingerprint density at radius 2 is 1.43 bits per heavy atom. The van der Waals surface area contributed by atoms with Crippen molar-refractivity contribution in [1.29, 1.82) is 0 Å². The van der Waals surface area contributed by atoms with Gasteiger partial charge in [0.15, 0.2) is 0 Å². The number of nitrogens with two attached hydrogens (primary N) is 1. The number of Topliss-reactive ketones (excluding diaryl/α,β-unsaturated/α-hetero) is 1. The predicted molar refractivity (Wildman–Crippen MR) is 193 cm³/mol. The number of ether oxygens (including phenoxy) is 1. The van der Waals surface area contributed by atoms with Crippen molar-refractivity contribution in [2.24, 2.45) is 23.0 Å². The fraction of sp³-hybridized carbons (Fsp3) is 0.838. The quantitative estimate of drug-likeness (QED) is 0.165. The van der Waals surface area contributed by atoms with Gasteiger partial charge in [0, 0.05) is 6.54 Å². The van der Waals surface area contributed by atoms with Gasteiger partial charge in [-0.05, 0) is 70.1 Å². The van der Waals surface area contributed by atoms with Crippen LogP contribution in [0.3, 0.4) is 0 Å². The Balaban J connectivity index is 0.00000230. The lowest BCUT2D eigenvalue weighted by molar-refractivity contribution is -0.153. The summed E-state index contributed by atoms with van der Waals surface area (Å²) in [5.41, 5.74) is 4.01. The molecule has 5 N–H and O–H groups in total. The van der Waals surface area contributed by atoms with Crippen LogP contribution in [-0.2, 0) is 28.7 Å². The number of likely N-dealkylation sites (tertiary alicyclic amines) is 1. The standard InChI is InChI=1S/C28H45N5O7.C4H10.C3H8.C2H6/c1-27(2,3)40-20(34)16-30-26(39)32-22(28(4)12-5-6-13-28)25(38)33-14-8-11-19(33)24(37)31-18(21(35)23(29)36)15-17-9-7-10-17;1-4(2)3;1-3-2;1-2/h17-19,22H,5-16H2,1-4H3,(H2,29,36)(H,31,37)(H2,30,32,39);4H,1-3H3;3H2,1-2H3;1-2H3/t18?,19-,22?;;;/m0.../s1. The Bertz CT molecular complexity index is 1060. The van der Waals surface area contributed by atoms with E-state index in [1.165, 1.54) is 11.3 Å². The molecule has 0 bridgehead atoms. The van der Waals surface area contributed by atoms with E-state index in [1.54, 1.807) is 20.8 Å². The van der Waals surface area contributed by atoms with Crippen LogP contribution >= 0.6 is 0 Å². The normalized spacial score (nSPS) is 19.2. The van der Waals surface area contributed by atoms with Gasteiger partial charge in [-0.2, -0.15) is 0 Å². The molecule has 0 radical (unpaired) electrons. The Morgan fingerprint density at radius 3 is 1.88 bits per heavy atom. The predicted octanol–water partition coefficient (Wildman–Crippen LogP) is 5.40. The monoisotopic (exact) mass is 696 g/mol. The molecule has 3 fully saturated rings. The summed E-state index contributed by atoms with van der Waals surface area (Å²) in [6, 6.07) is -3.45. The van der Waals surface area contributed by atoms with Crippen LogP contribution in [-0.4, -0.2) is 77.2 Å². The van der Waals surface area contributed by atoms with Crippen molar-refractivity contribution in [3.63, 3.8) is 0 Å². The lowest BCUT2D eigenvalue weighted by Gasteiger charge is -2.37. The van der Waals surface area contributed by atoms with E-state index in [0.717, 1.165) is 50.9 Å². The Morgan fingerprint density at radius 1 is 0.898 bits per heavy atom. The zero-order chi connectivity index (χ0) is 37.9. The van der Waals surface area contributed by atoms with Crippen LogP contribution in [0.5, 0.6) is 0 Å². The number of nitrogens with zero attached hydrogens (tertiary/aromatic N) is 1. The van der Waals surface area contributed by atoms with Crippen LogP contribution in [0.25, 0.3) is 0 Å². The van der Waals surface area contributed by atoms with Gasteiger partial charge >= 0.3 is 12.0 Å². The molecule has 5 amide bonds. The summed E-state index contributed by atoms with van der Waals surface area (Å²) in [6.45, 7) is 21.8. The second-order valence-corrected chi connectivity index (χ2v) is 15.2. The Hall–Kier alpha value is -3.18. The van der Waals surface area contributed by atoms with Crippen molar-refractivity contribution in [3.05, 3.63) is 0 Å². The van der Waals surface area contributed by atoms with E-state index in [2.05, 4.69) is 50.6 Å². The topological polar surface area (TPSA) is 177 Å². The van der Waals surface area contributed by atoms with Gasteiger partial charge in [0.25, 0.3) is 5.91 Å². The molecule has 3 atom stereocenters. The fourth-order valence-corrected chi connectivity index (χ4v) is 5.92. The van der Waals surface area contributed by atoms with Gasteiger partial charge in [-0.1, -0.05) is 93.9 Å². The smallest absolute Gasteiger partial charge is 0.325 e. The van der Waals surface area contributed by atoms with Gasteiger partial charge in [0.1, 0.15) is 24.2 Å². The van der Waals surface area contributed by atoms with Crippen molar-refractivity contribution in [1.82, 2.24) is 20.9 Å². The number of rotatable bonds is 11. The number of hydrogen-bond acceptors (Lipinski definition) is 7. The molecule has 0 spiro atoms. The molecule has 3 aliphatic rings. The third kappa shape index (κ3) is 16.9. The average molecular weight is 696 g/mol. The Kier molecular flexibility index (Phi) is 21.1. The minimum Gasteiger partial charge on any atom is -0.459 e. The summed E-state index contributed by atoms with van der Waals surface area (Å²) in [7, 11) is 0. The molecule has 1 heterocycles. The number of ketones is 1. The molecule has 1 saturated heterocycles. The van der Waals surface area contributed by atoms with Crippen molar-refractivity contribution < 1.29 is 33.5 Å². The molecule has 0 aromatic carbocycles. The highest BCUT2D eigenvalue weighted by Gasteiger charge is 2.47. The molecule has 12 nitrogen and oxygen atoms in total. The first-order chi connectivity index (χ1) is 22.8. The zero-order valence-electron chi connectivity index (χ0n) is 32.5. The first-order valence-electron chi connectivity index (χ1n) is 18.6. The summed E-state index contributed by atoms with van der Waals surface area (Å²) < 4.78 is 5.23. The van der Waals surface area contributed by atoms with Crippen LogP contribution in [0.15, 0.2) is 0 Å². The number of hydrogen-bond donors (Lipinski definition) is 4. The second kappa shape index (κ2) is 22.5. The first-order valence-corrected chi connectivity index (χ1v) is 18.6. The van der Waals surface area contributed by atoms with E-state index in [1.807, 2.05) is 20.8 Å². The van der Waals surface area contributed by atoms with Crippen LogP contribution in [0.2, 0.25) is 0 Å². The third-order valence-corrected chi connectivity index (χ3v) is 8.29. The number of carbonyl (C=O) groups is 6. The van der Waals surface area contributed by atoms with E-state index in [4.69, 9.17) is 10.5 Å². The minimum absolute atomic E-state index is 0.241. The molecule has 0 aromatic heterocycles. The summed E-state index contributed by atoms with van der Waals surface area (Å²) in [5, 5.41) is 7.95. The zero-order valence-corrected chi connectivity index (χ0v) is 32.5. The summed E-state index contributed by atoms with van der Waals surface area (Å²) in [4.78, 5) is 77.7. The van der Waals surface area contributed by atoms with Crippen LogP contribution in [0.1, 0.15) is 147 Å². The number of primary amides is 1. The maximum absolute atomic E-state index is 13.9. The lowest BCUT2D eigenvalue weighted by Crippen LogP contribution is -2.60. The highest BCUT2D eigenvalue weighted by atomic mass is 16.6. The van der Waals surface area contributed by atoms with E-state index in [0.29, 0.717) is 25.8 Å². The Labute approximate surface area is 296 Å². The van der Waals surface area contributed by atoms with Crippen LogP contribution in [0, 0.1) is 17.3 Å². The molecule has 2 unspecified atom stereocenters. The highest BCUT2D eigenvalue weighted by molar-refractivity contribution is 6.37. The summed E-state index contributed by atoms with van der Waals surface area (Å²) >= 11 is 0. The molecule has 49 heavy (non-hydrogen) atoms. The van der Waals surface area contributed by atoms with Crippen LogP contribution < -0.4 is 21.7 Å². The number of esters is 1. The van der Waals surface area contributed by atoms with E-state index < -0.39 is 58.7 Å². The van der Waals surface area contributed by atoms with Crippen LogP contribution in [0.4, 0.5) is 4.79 Å².